The monoisotopic (exact) mass is 309 g/mol. The minimum atomic E-state index is -0.127. The van der Waals surface area contributed by atoms with Gasteiger partial charge in [-0.3, -0.25) is 4.79 Å². The lowest BCUT2D eigenvalue weighted by molar-refractivity contribution is -0.926. The standard InChI is InChI=1S/C20H24N2O/c1-16-10-12-18(13-11-16)21-20(23)19(17-8-4-2-5-9-17)22-14-6-3-7-15-22/h2,4-5,8-13,19H,3,6-7,14-15H2,1H3,(H,21,23)/p+1/t19-/m0/s1. The van der Waals surface area contributed by atoms with Crippen molar-refractivity contribution in [2.75, 3.05) is 18.4 Å². The van der Waals surface area contributed by atoms with Crippen LogP contribution >= 0.6 is 0 Å². The van der Waals surface area contributed by atoms with Crippen molar-refractivity contribution in [1.82, 2.24) is 0 Å². The fourth-order valence-corrected chi connectivity index (χ4v) is 3.36. The van der Waals surface area contributed by atoms with Gasteiger partial charge >= 0.3 is 0 Å². The molecule has 23 heavy (non-hydrogen) atoms. The number of hydrogen-bond donors (Lipinski definition) is 2. The van der Waals surface area contributed by atoms with E-state index in [1.165, 1.54) is 29.7 Å². The molecule has 120 valence electrons. The van der Waals surface area contributed by atoms with Crippen LogP contribution in [0.2, 0.25) is 0 Å². The molecule has 3 nitrogen and oxygen atoms in total. The first-order valence-electron chi connectivity index (χ1n) is 8.51. The van der Waals surface area contributed by atoms with E-state index in [0.29, 0.717) is 0 Å². The second-order valence-corrected chi connectivity index (χ2v) is 6.42. The zero-order chi connectivity index (χ0) is 16.1. The molecule has 0 aliphatic carbocycles. The smallest absolute Gasteiger partial charge is 0.287 e. The Hall–Kier alpha value is -2.13. The molecule has 1 fully saturated rings. The van der Waals surface area contributed by atoms with Crippen LogP contribution in [0.3, 0.4) is 0 Å². The van der Waals surface area contributed by atoms with E-state index in [1.54, 1.807) is 0 Å². The highest BCUT2D eigenvalue weighted by molar-refractivity contribution is 5.94. The van der Waals surface area contributed by atoms with E-state index in [0.717, 1.165) is 24.3 Å². The quantitative estimate of drug-likeness (QED) is 0.894. The minimum Gasteiger partial charge on any atom is -0.321 e. The molecule has 0 bridgehead atoms. The van der Waals surface area contributed by atoms with Crippen LogP contribution in [-0.2, 0) is 4.79 Å². The largest absolute Gasteiger partial charge is 0.321 e. The van der Waals surface area contributed by atoms with Gasteiger partial charge in [0.05, 0.1) is 13.1 Å². The molecule has 1 amide bonds. The summed E-state index contributed by atoms with van der Waals surface area (Å²) in [5.41, 5.74) is 3.18. The van der Waals surface area contributed by atoms with Gasteiger partial charge in [0.15, 0.2) is 6.04 Å². The lowest BCUT2D eigenvalue weighted by atomic mass is 10.0. The Balaban J connectivity index is 1.82. The van der Waals surface area contributed by atoms with Crippen molar-refractivity contribution < 1.29 is 9.69 Å². The normalized spacial score (nSPS) is 16.7. The van der Waals surface area contributed by atoms with Crippen molar-refractivity contribution in [3.8, 4) is 0 Å². The van der Waals surface area contributed by atoms with E-state index in [4.69, 9.17) is 0 Å². The molecule has 1 heterocycles. The van der Waals surface area contributed by atoms with E-state index in [-0.39, 0.29) is 11.9 Å². The first-order chi connectivity index (χ1) is 11.2. The summed E-state index contributed by atoms with van der Waals surface area (Å²) in [5, 5.41) is 3.11. The average Bonchev–Trinajstić information content (AvgIpc) is 2.59. The number of anilines is 1. The average molecular weight is 309 g/mol. The van der Waals surface area contributed by atoms with Gasteiger partial charge in [-0.05, 0) is 38.3 Å². The molecule has 0 radical (unpaired) electrons. The first kappa shape index (κ1) is 15.8. The number of carbonyl (C=O) groups is 1. The van der Waals surface area contributed by atoms with Crippen LogP contribution in [-0.4, -0.2) is 19.0 Å². The number of rotatable bonds is 4. The fourth-order valence-electron chi connectivity index (χ4n) is 3.36. The molecule has 2 N–H and O–H groups in total. The van der Waals surface area contributed by atoms with Crippen molar-refractivity contribution >= 4 is 11.6 Å². The van der Waals surface area contributed by atoms with Gasteiger partial charge in [0.2, 0.25) is 0 Å². The number of quaternary nitrogens is 1. The van der Waals surface area contributed by atoms with Crippen LogP contribution in [0.1, 0.15) is 36.4 Å². The number of hydrogen-bond acceptors (Lipinski definition) is 1. The van der Waals surface area contributed by atoms with Gasteiger partial charge in [0, 0.05) is 11.3 Å². The molecular weight excluding hydrogens is 284 g/mol. The summed E-state index contributed by atoms with van der Waals surface area (Å²) in [6, 6.07) is 18.1. The van der Waals surface area contributed by atoms with Gasteiger partial charge in [-0.1, -0.05) is 48.0 Å². The van der Waals surface area contributed by atoms with Gasteiger partial charge in [0.1, 0.15) is 0 Å². The second-order valence-electron chi connectivity index (χ2n) is 6.42. The van der Waals surface area contributed by atoms with Crippen molar-refractivity contribution in [2.24, 2.45) is 0 Å². The van der Waals surface area contributed by atoms with Gasteiger partial charge < -0.3 is 10.2 Å². The molecule has 0 unspecified atom stereocenters. The highest BCUT2D eigenvalue weighted by Crippen LogP contribution is 2.15. The third-order valence-corrected chi connectivity index (χ3v) is 4.62. The lowest BCUT2D eigenvalue weighted by Gasteiger charge is -2.31. The Morgan fingerprint density at radius 3 is 2.26 bits per heavy atom. The molecule has 1 saturated heterocycles. The summed E-state index contributed by atoms with van der Waals surface area (Å²) in [4.78, 5) is 14.3. The SMILES string of the molecule is Cc1ccc(NC(=O)[C@H](c2ccccc2)[NH+]2CCCCC2)cc1. The van der Waals surface area contributed by atoms with Crippen LogP contribution in [0, 0.1) is 6.92 Å². The maximum Gasteiger partial charge on any atom is 0.287 e. The van der Waals surface area contributed by atoms with Crippen molar-refractivity contribution in [1.29, 1.82) is 0 Å². The number of aryl methyl sites for hydroxylation is 1. The Morgan fingerprint density at radius 1 is 0.957 bits per heavy atom. The van der Waals surface area contributed by atoms with Gasteiger partial charge in [0.25, 0.3) is 5.91 Å². The third-order valence-electron chi connectivity index (χ3n) is 4.62. The predicted molar refractivity (Wildman–Crippen MR) is 93.5 cm³/mol. The maximum absolute atomic E-state index is 13.0. The fraction of sp³-hybridized carbons (Fsp3) is 0.350. The second kappa shape index (κ2) is 7.42. The number of benzene rings is 2. The number of carbonyl (C=O) groups excluding carboxylic acids is 1. The zero-order valence-corrected chi connectivity index (χ0v) is 13.7. The van der Waals surface area contributed by atoms with Crippen LogP contribution in [0.15, 0.2) is 54.6 Å². The molecular formula is C20H25N2O+. The number of likely N-dealkylation sites (tertiary alicyclic amines) is 1. The van der Waals surface area contributed by atoms with Crippen LogP contribution < -0.4 is 10.2 Å². The van der Waals surface area contributed by atoms with Gasteiger partial charge in [-0.2, -0.15) is 0 Å². The van der Waals surface area contributed by atoms with Crippen LogP contribution in [0.25, 0.3) is 0 Å². The number of nitrogens with one attached hydrogen (secondary N) is 2. The molecule has 2 aromatic carbocycles. The molecule has 0 aromatic heterocycles. The summed E-state index contributed by atoms with van der Waals surface area (Å²) in [6.07, 6.45) is 3.69. The van der Waals surface area contributed by atoms with Crippen molar-refractivity contribution in [2.45, 2.75) is 32.2 Å². The molecule has 0 spiro atoms. The molecule has 3 heteroatoms. The molecule has 1 atom stereocenters. The van der Waals surface area contributed by atoms with E-state index in [2.05, 4.69) is 24.4 Å². The van der Waals surface area contributed by atoms with Crippen molar-refractivity contribution in [3.63, 3.8) is 0 Å². The topological polar surface area (TPSA) is 33.5 Å². The molecule has 0 saturated carbocycles. The van der Waals surface area contributed by atoms with E-state index in [9.17, 15) is 4.79 Å². The molecule has 1 aliphatic rings. The van der Waals surface area contributed by atoms with Crippen LogP contribution in [0.5, 0.6) is 0 Å². The van der Waals surface area contributed by atoms with Crippen molar-refractivity contribution in [3.05, 3.63) is 65.7 Å². The summed E-state index contributed by atoms with van der Waals surface area (Å²) in [6.45, 7) is 4.19. The highest BCUT2D eigenvalue weighted by atomic mass is 16.2. The van der Waals surface area contributed by atoms with E-state index >= 15 is 0 Å². The lowest BCUT2D eigenvalue weighted by Crippen LogP contribution is -3.14. The Bertz CT molecular complexity index is 630. The Kier molecular flexibility index (Phi) is 5.09. The summed E-state index contributed by atoms with van der Waals surface area (Å²) in [7, 11) is 0. The summed E-state index contributed by atoms with van der Waals surface area (Å²) in [5.74, 6) is 0.0944. The molecule has 3 rings (SSSR count). The summed E-state index contributed by atoms with van der Waals surface area (Å²) < 4.78 is 0. The molecule has 2 aromatic rings. The van der Waals surface area contributed by atoms with Gasteiger partial charge in [-0.15, -0.1) is 0 Å². The minimum absolute atomic E-state index is 0.0944. The Morgan fingerprint density at radius 2 is 1.61 bits per heavy atom. The number of amides is 1. The zero-order valence-electron chi connectivity index (χ0n) is 13.7. The first-order valence-corrected chi connectivity index (χ1v) is 8.51. The highest BCUT2D eigenvalue weighted by Gasteiger charge is 2.32. The molecule has 1 aliphatic heterocycles. The maximum atomic E-state index is 13.0. The predicted octanol–water partition coefficient (Wildman–Crippen LogP) is 2.74. The Labute approximate surface area is 138 Å². The summed E-state index contributed by atoms with van der Waals surface area (Å²) >= 11 is 0. The number of piperidine rings is 1. The van der Waals surface area contributed by atoms with E-state index in [1.807, 2.05) is 42.5 Å². The van der Waals surface area contributed by atoms with E-state index < -0.39 is 0 Å². The van der Waals surface area contributed by atoms with Gasteiger partial charge in [-0.25, -0.2) is 0 Å². The van der Waals surface area contributed by atoms with Crippen LogP contribution in [0.4, 0.5) is 5.69 Å². The third kappa shape index (κ3) is 3.99.